The van der Waals surface area contributed by atoms with Crippen LogP contribution < -0.4 is 10.1 Å². The van der Waals surface area contributed by atoms with Gasteiger partial charge in [0, 0.05) is 24.0 Å². The molecule has 148 valence electrons. The van der Waals surface area contributed by atoms with Gasteiger partial charge in [0.2, 0.25) is 11.7 Å². The fraction of sp³-hybridized carbons (Fsp3) is 0.0435. The van der Waals surface area contributed by atoms with Crippen LogP contribution in [0.5, 0.6) is 5.75 Å². The Hall–Kier alpha value is -4.26. The highest BCUT2D eigenvalue weighted by Gasteiger charge is 2.14. The first-order chi connectivity index (χ1) is 14.7. The quantitative estimate of drug-likeness (QED) is 0.482. The number of carbonyl (C=O) groups is 1. The van der Waals surface area contributed by atoms with E-state index in [1.807, 2.05) is 48.5 Å². The summed E-state index contributed by atoms with van der Waals surface area (Å²) in [6, 6.07) is 18.3. The first-order valence-electron chi connectivity index (χ1n) is 9.19. The Labute approximate surface area is 173 Å². The molecule has 7 nitrogen and oxygen atoms in total. The van der Waals surface area contributed by atoms with Crippen molar-refractivity contribution >= 4 is 17.7 Å². The van der Waals surface area contributed by atoms with Gasteiger partial charge in [-0.25, -0.2) is 0 Å². The molecule has 7 heteroatoms. The molecule has 0 bridgehead atoms. The van der Waals surface area contributed by atoms with Gasteiger partial charge >= 0.3 is 0 Å². The number of pyridine rings is 1. The predicted octanol–water partition coefficient (Wildman–Crippen LogP) is 4.46. The fourth-order valence-corrected chi connectivity index (χ4v) is 2.79. The van der Waals surface area contributed by atoms with E-state index in [4.69, 9.17) is 9.26 Å². The lowest BCUT2D eigenvalue weighted by Crippen LogP contribution is -2.08. The fourth-order valence-electron chi connectivity index (χ4n) is 2.79. The molecule has 0 saturated carbocycles. The minimum Gasteiger partial charge on any atom is -0.497 e. The number of hydrogen-bond acceptors (Lipinski definition) is 6. The van der Waals surface area contributed by atoms with E-state index < -0.39 is 0 Å². The molecule has 0 spiro atoms. The van der Waals surface area contributed by atoms with Crippen molar-refractivity contribution in [3.8, 4) is 28.6 Å². The summed E-state index contributed by atoms with van der Waals surface area (Å²) in [5, 5.41) is 6.87. The van der Waals surface area contributed by atoms with Gasteiger partial charge in [0.25, 0.3) is 5.89 Å². The maximum absolute atomic E-state index is 12.4. The molecule has 1 amide bonds. The summed E-state index contributed by atoms with van der Waals surface area (Å²) in [5.74, 6) is 1.23. The standard InChI is InChI=1S/C23H18N4O3/c1-29-18-11-8-16(9-12-18)10-13-21(28)25-20-7-3-2-6-19(20)23-26-22(27-30-23)17-5-4-14-24-15-17/h2-15H,1H3,(H,25,28)/b13-10+. The van der Waals surface area contributed by atoms with Gasteiger partial charge in [0.15, 0.2) is 0 Å². The maximum Gasteiger partial charge on any atom is 0.260 e. The van der Waals surface area contributed by atoms with Gasteiger partial charge in [-0.15, -0.1) is 0 Å². The van der Waals surface area contributed by atoms with Gasteiger partial charge in [-0.3, -0.25) is 9.78 Å². The summed E-state index contributed by atoms with van der Waals surface area (Å²) >= 11 is 0. The van der Waals surface area contributed by atoms with Crippen LogP contribution in [0.15, 0.2) is 83.7 Å². The number of carbonyl (C=O) groups excluding carboxylic acids is 1. The Morgan fingerprint density at radius 1 is 1.07 bits per heavy atom. The van der Waals surface area contributed by atoms with Crippen molar-refractivity contribution in [2.45, 2.75) is 0 Å². The Kier molecular flexibility index (Phi) is 5.61. The topological polar surface area (TPSA) is 90.1 Å². The highest BCUT2D eigenvalue weighted by Crippen LogP contribution is 2.28. The van der Waals surface area contributed by atoms with Gasteiger partial charge in [-0.05, 0) is 48.0 Å². The summed E-state index contributed by atoms with van der Waals surface area (Å²) in [6.07, 6.45) is 6.53. The first-order valence-corrected chi connectivity index (χ1v) is 9.19. The summed E-state index contributed by atoms with van der Waals surface area (Å²) in [6.45, 7) is 0. The van der Waals surface area contributed by atoms with E-state index in [0.29, 0.717) is 23.0 Å². The van der Waals surface area contributed by atoms with Crippen molar-refractivity contribution in [1.82, 2.24) is 15.1 Å². The third kappa shape index (κ3) is 4.41. The van der Waals surface area contributed by atoms with Crippen molar-refractivity contribution in [2.75, 3.05) is 12.4 Å². The third-order valence-corrected chi connectivity index (χ3v) is 4.30. The number of nitrogens with one attached hydrogen (secondary N) is 1. The smallest absolute Gasteiger partial charge is 0.260 e. The van der Waals surface area contributed by atoms with Crippen molar-refractivity contribution in [3.05, 3.63) is 84.7 Å². The second-order valence-electron chi connectivity index (χ2n) is 6.31. The molecule has 0 saturated heterocycles. The van der Waals surface area contributed by atoms with Gasteiger partial charge in [-0.2, -0.15) is 4.98 Å². The minimum atomic E-state index is -0.273. The maximum atomic E-state index is 12.4. The van der Waals surface area contributed by atoms with Crippen LogP contribution in [0.2, 0.25) is 0 Å². The predicted molar refractivity (Wildman–Crippen MR) is 114 cm³/mol. The summed E-state index contributed by atoms with van der Waals surface area (Å²) < 4.78 is 10.5. The van der Waals surface area contributed by atoms with Crippen LogP contribution in [0.1, 0.15) is 5.56 Å². The van der Waals surface area contributed by atoms with Gasteiger partial charge in [0.1, 0.15) is 5.75 Å². The average molecular weight is 398 g/mol. The van der Waals surface area contributed by atoms with Crippen molar-refractivity contribution in [1.29, 1.82) is 0 Å². The average Bonchev–Trinajstić information content (AvgIpc) is 3.29. The number of anilines is 1. The van der Waals surface area contributed by atoms with Gasteiger partial charge in [0.05, 0.1) is 18.4 Å². The molecule has 2 aromatic heterocycles. The molecule has 0 aliphatic rings. The van der Waals surface area contributed by atoms with Crippen LogP contribution in [-0.2, 0) is 4.79 Å². The molecule has 0 atom stereocenters. The zero-order valence-electron chi connectivity index (χ0n) is 16.1. The van der Waals surface area contributed by atoms with E-state index in [0.717, 1.165) is 16.9 Å². The van der Waals surface area contributed by atoms with E-state index in [1.165, 1.54) is 6.08 Å². The van der Waals surface area contributed by atoms with Crippen LogP contribution in [-0.4, -0.2) is 28.1 Å². The number of para-hydroxylation sites is 1. The third-order valence-electron chi connectivity index (χ3n) is 4.30. The highest BCUT2D eigenvalue weighted by molar-refractivity contribution is 6.03. The first kappa shape index (κ1) is 19.1. The number of ether oxygens (including phenoxy) is 1. The Bertz CT molecular complexity index is 1170. The van der Waals surface area contributed by atoms with Crippen molar-refractivity contribution < 1.29 is 14.1 Å². The number of amides is 1. The number of nitrogens with zero attached hydrogens (tertiary/aromatic N) is 3. The normalized spacial score (nSPS) is 10.8. The molecule has 2 aromatic carbocycles. The van der Waals surface area contributed by atoms with Crippen LogP contribution >= 0.6 is 0 Å². The Balaban J connectivity index is 1.51. The Morgan fingerprint density at radius 2 is 1.90 bits per heavy atom. The lowest BCUT2D eigenvalue weighted by molar-refractivity contribution is -0.111. The lowest BCUT2D eigenvalue weighted by Gasteiger charge is -2.06. The van der Waals surface area contributed by atoms with E-state index in [-0.39, 0.29) is 5.91 Å². The monoisotopic (exact) mass is 398 g/mol. The SMILES string of the molecule is COc1ccc(/C=C/C(=O)Nc2ccccc2-c2nc(-c3cccnc3)no2)cc1. The van der Waals surface area contributed by atoms with E-state index >= 15 is 0 Å². The number of hydrogen-bond donors (Lipinski definition) is 1. The van der Waals surface area contributed by atoms with E-state index in [2.05, 4.69) is 20.4 Å². The van der Waals surface area contributed by atoms with Crippen LogP contribution in [0.4, 0.5) is 5.69 Å². The number of rotatable bonds is 6. The molecule has 0 aliphatic heterocycles. The molecular weight excluding hydrogens is 380 g/mol. The van der Waals surface area contributed by atoms with Crippen LogP contribution in [0.3, 0.4) is 0 Å². The molecule has 30 heavy (non-hydrogen) atoms. The summed E-state index contributed by atoms with van der Waals surface area (Å²) in [4.78, 5) is 20.9. The summed E-state index contributed by atoms with van der Waals surface area (Å²) in [7, 11) is 1.61. The van der Waals surface area contributed by atoms with E-state index in [1.54, 1.807) is 37.7 Å². The number of aromatic nitrogens is 3. The van der Waals surface area contributed by atoms with Crippen molar-refractivity contribution in [3.63, 3.8) is 0 Å². The minimum absolute atomic E-state index is 0.273. The molecule has 1 N–H and O–H groups in total. The second kappa shape index (κ2) is 8.83. The molecule has 2 heterocycles. The van der Waals surface area contributed by atoms with Crippen molar-refractivity contribution in [2.24, 2.45) is 0 Å². The van der Waals surface area contributed by atoms with Crippen LogP contribution in [0, 0.1) is 0 Å². The zero-order chi connectivity index (χ0) is 20.8. The van der Waals surface area contributed by atoms with E-state index in [9.17, 15) is 4.79 Å². The molecule has 4 rings (SSSR count). The number of benzene rings is 2. The zero-order valence-corrected chi connectivity index (χ0v) is 16.1. The molecular formula is C23H18N4O3. The van der Waals surface area contributed by atoms with Gasteiger partial charge in [-0.1, -0.05) is 29.4 Å². The summed E-state index contributed by atoms with van der Waals surface area (Å²) in [5.41, 5.74) is 2.84. The highest BCUT2D eigenvalue weighted by atomic mass is 16.5. The second-order valence-corrected chi connectivity index (χ2v) is 6.31. The lowest BCUT2D eigenvalue weighted by atomic mass is 10.1. The largest absolute Gasteiger partial charge is 0.497 e. The van der Waals surface area contributed by atoms with Crippen LogP contribution in [0.25, 0.3) is 28.9 Å². The van der Waals surface area contributed by atoms with Gasteiger partial charge < -0.3 is 14.6 Å². The molecule has 0 radical (unpaired) electrons. The molecule has 4 aromatic rings. The number of methoxy groups -OCH3 is 1. The molecule has 0 fully saturated rings. The Morgan fingerprint density at radius 3 is 2.67 bits per heavy atom. The molecule has 0 aliphatic carbocycles. The molecule has 0 unspecified atom stereocenters.